The van der Waals surface area contributed by atoms with Gasteiger partial charge in [-0.1, -0.05) is 11.6 Å². The molecule has 1 N–H and O–H groups in total. The molecule has 3 aromatic rings. The quantitative estimate of drug-likeness (QED) is 0.424. The monoisotopic (exact) mass is 576 g/mol. The van der Waals surface area contributed by atoms with Crippen LogP contribution in [0.5, 0.6) is 11.6 Å². The molecule has 1 aliphatic carbocycles. The zero-order valence-corrected chi connectivity index (χ0v) is 22.5. The van der Waals surface area contributed by atoms with Gasteiger partial charge in [-0.05, 0) is 31.0 Å². The van der Waals surface area contributed by atoms with E-state index in [-0.39, 0.29) is 46.0 Å². The first-order valence-electron chi connectivity index (χ1n) is 12.5. The van der Waals surface area contributed by atoms with Crippen molar-refractivity contribution in [3.63, 3.8) is 0 Å². The molecular weight excluding hydrogens is 551 g/mol. The van der Waals surface area contributed by atoms with Gasteiger partial charge in [-0.2, -0.15) is 4.98 Å². The number of benzene rings is 1. The van der Waals surface area contributed by atoms with Gasteiger partial charge in [-0.15, -0.1) is 0 Å². The summed E-state index contributed by atoms with van der Waals surface area (Å²) in [6.07, 6.45) is 5.43. The summed E-state index contributed by atoms with van der Waals surface area (Å²) in [6, 6.07) is 3.80. The van der Waals surface area contributed by atoms with Crippen LogP contribution in [-0.4, -0.2) is 73.1 Å². The third kappa shape index (κ3) is 5.18. The SMILES string of the molecule is COc1c(Nc2ccc(S(=O)(=O)C3CC3)cc2F)ncnc1OC1C2COCC1CN(c1ncc(Cl)cn1)C2. The largest absolute Gasteiger partial charge is 0.489 e. The van der Waals surface area contributed by atoms with E-state index in [1.807, 2.05) is 0 Å². The number of anilines is 3. The van der Waals surface area contributed by atoms with Crippen molar-refractivity contribution in [1.29, 1.82) is 0 Å². The topological polar surface area (TPSA) is 129 Å². The summed E-state index contributed by atoms with van der Waals surface area (Å²) in [5.74, 6) is 0.489. The fourth-order valence-corrected chi connectivity index (χ4v) is 6.80. The fourth-order valence-electron chi connectivity index (χ4n) is 5.04. The highest BCUT2D eigenvalue weighted by Gasteiger charge is 2.43. The Bertz CT molecular complexity index is 1460. The Kier molecular flexibility index (Phi) is 6.89. The second-order valence-electron chi connectivity index (χ2n) is 9.82. The van der Waals surface area contributed by atoms with Gasteiger partial charge >= 0.3 is 0 Å². The van der Waals surface area contributed by atoms with Crippen LogP contribution in [0.2, 0.25) is 5.02 Å². The lowest BCUT2D eigenvalue weighted by Crippen LogP contribution is -2.58. The number of sulfone groups is 1. The predicted octanol–water partition coefficient (Wildman–Crippen LogP) is 3.28. The summed E-state index contributed by atoms with van der Waals surface area (Å²) in [7, 11) is -2.06. The number of piperidine rings is 1. The van der Waals surface area contributed by atoms with Crippen LogP contribution in [-0.2, 0) is 14.6 Å². The van der Waals surface area contributed by atoms with Crippen LogP contribution < -0.4 is 19.7 Å². The predicted molar refractivity (Wildman–Crippen MR) is 140 cm³/mol. The van der Waals surface area contributed by atoms with Gasteiger partial charge in [0.1, 0.15) is 18.2 Å². The molecule has 2 aliphatic heterocycles. The summed E-state index contributed by atoms with van der Waals surface area (Å²) in [4.78, 5) is 19.2. The van der Waals surface area contributed by atoms with Crippen molar-refractivity contribution in [2.24, 2.45) is 11.8 Å². The first kappa shape index (κ1) is 26.0. The average molecular weight is 577 g/mol. The van der Waals surface area contributed by atoms with Gasteiger partial charge in [0.2, 0.25) is 11.7 Å². The van der Waals surface area contributed by atoms with E-state index >= 15 is 0 Å². The number of rotatable bonds is 8. The van der Waals surface area contributed by atoms with Crippen LogP contribution >= 0.6 is 11.6 Å². The normalized spacial score (nSPS) is 22.8. The van der Waals surface area contributed by atoms with E-state index in [2.05, 4.69) is 30.2 Å². The van der Waals surface area contributed by atoms with Crippen LogP contribution in [0.15, 0.2) is 41.8 Å². The molecule has 3 fully saturated rings. The number of aromatic nitrogens is 4. The van der Waals surface area contributed by atoms with Crippen LogP contribution in [0.25, 0.3) is 0 Å². The molecule has 2 bridgehead atoms. The molecule has 11 nitrogen and oxygen atoms in total. The van der Waals surface area contributed by atoms with E-state index in [1.165, 1.54) is 25.6 Å². The third-order valence-electron chi connectivity index (χ3n) is 7.10. The van der Waals surface area contributed by atoms with Crippen LogP contribution in [0, 0.1) is 17.7 Å². The molecule has 2 unspecified atom stereocenters. The third-order valence-corrected chi connectivity index (χ3v) is 9.56. The lowest BCUT2D eigenvalue weighted by Gasteiger charge is -2.46. The van der Waals surface area contributed by atoms with Crippen molar-refractivity contribution in [2.45, 2.75) is 29.1 Å². The molecule has 0 amide bonds. The lowest BCUT2D eigenvalue weighted by atomic mass is 9.84. The second kappa shape index (κ2) is 10.4. The molecule has 206 valence electrons. The highest BCUT2D eigenvalue weighted by molar-refractivity contribution is 7.92. The smallest absolute Gasteiger partial charge is 0.262 e. The molecule has 2 atom stereocenters. The van der Waals surface area contributed by atoms with Crippen molar-refractivity contribution in [3.8, 4) is 11.6 Å². The molecule has 6 rings (SSSR count). The molecule has 1 saturated carbocycles. The summed E-state index contributed by atoms with van der Waals surface area (Å²) < 4.78 is 57.7. The maximum atomic E-state index is 14.9. The fraction of sp³-hybridized carbons (Fsp3) is 0.440. The second-order valence-corrected chi connectivity index (χ2v) is 12.5. The molecule has 1 aromatic carbocycles. The molecule has 2 aromatic heterocycles. The first-order chi connectivity index (χ1) is 18.8. The zero-order valence-electron chi connectivity index (χ0n) is 21.0. The Morgan fingerprint density at radius 1 is 1.10 bits per heavy atom. The number of ether oxygens (including phenoxy) is 3. The number of halogens is 2. The minimum absolute atomic E-state index is 0.00580. The number of hydrogen-bond acceptors (Lipinski definition) is 11. The molecule has 2 saturated heterocycles. The van der Waals surface area contributed by atoms with E-state index in [0.717, 1.165) is 6.07 Å². The maximum Gasteiger partial charge on any atom is 0.262 e. The summed E-state index contributed by atoms with van der Waals surface area (Å²) in [6.45, 7) is 2.21. The summed E-state index contributed by atoms with van der Waals surface area (Å²) in [5.41, 5.74) is 0.0502. The standard InChI is InChI=1S/C25H26ClFN6O5S/c1-36-22-23(32-20-5-4-18(6-19(20)27)39(34,35)17-2-3-17)30-13-31-24(22)38-21-14-9-33(10-15(21)12-37-11-14)25-28-7-16(26)8-29-25/h4-8,13-15,17,21H,2-3,9-12H2,1H3,(H,30,31,32). The lowest BCUT2D eigenvalue weighted by molar-refractivity contribution is -0.0775. The van der Waals surface area contributed by atoms with Gasteiger partial charge in [0.05, 0.1) is 53.6 Å². The molecular formula is C25H26ClFN6O5S. The van der Waals surface area contributed by atoms with E-state index in [4.69, 9.17) is 25.8 Å². The molecule has 0 radical (unpaired) electrons. The molecule has 39 heavy (non-hydrogen) atoms. The number of methoxy groups -OCH3 is 1. The van der Waals surface area contributed by atoms with Crippen molar-refractivity contribution >= 4 is 38.9 Å². The summed E-state index contributed by atoms with van der Waals surface area (Å²) >= 11 is 5.94. The maximum absolute atomic E-state index is 14.9. The van der Waals surface area contributed by atoms with E-state index in [1.54, 1.807) is 12.4 Å². The zero-order chi connectivity index (χ0) is 27.1. The number of hydrogen-bond donors (Lipinski definition) is 1. The Labute approximate surface area is 229 Å². The molecule has 3 aliphatic rings. The molecule has 0 spiro atoms. The van der Waals surface area contributed by atoms with Gasteiger partial charge in [0, 0.05) is 24.9 Å². The van der Waals surface area contributed by atoms with Crippen molar-refractivity contribution in [2.75, 3.05) is 43.6 Å². The number of fused-ring (bicyclic) bond motifs is 2. The molecule has 4 heterocycles. The van der Waals surface area contributed by atoms with Crippen LogP contribution in [0.1, 0.15) is 12.8 Å². The van der Waals surface area contributed by atoms with Crippen molar-refractivity contribution in [3.05, 3.63) is 47.8 Å². The highest BCUT2D eigenvalue weighted by Crippen LogP contribution is 2.39. The van der Waals surface area contributed by atoms with Crippen molar-refractivity contribution in [1.82, 2.24) is 19.9 Å². The van der Waals surface area contributed by atoms with Crippen LogP contribution in [0.3, 0.4) is 0 Å². The van der Waals surface area contributed by atoms with E-state index in [0.29, 0.717) is 50.1 Å². The van der Waals surface area contributed by atoms with E-state index < -0.39 is 20.9 Å². The number of nitrogens with zero attached hydrogens (tertiary/aromatic N) is 5. The Morgan fingerprint density at radius 3 is 2.46 bits per heavy atom. The first-order valence-corrected chi connectivity index (χ1v) is 14.4. The van der Waals surface area contributed by atoms with Gasteiger partial charge in [-0.3, -0.25) is 0 Å². The Balaban J connectivity index is 1.21. The van der Waals surface area contributed by atoms with Crippen LogP contribution in [0.4, 0.5) is 21.8 Å². The van der Waals surface area contributed by atoms with Gasteiger partial charge < -0.3 is 24.4 Å². The van der Waals surface area contributed by atoms with E-state index in [9.17, 15) is 12.8 Å². The van der Waals surface area contributed by atoms with Gasteiger partial charge in [0.25, 0.3) is 5.88 Å². The van der Waals surface area contributed by atoms with Gasteiger partial charge in [0.15, 0.2) is 15.7 Å². The average Bonchev–Trinajstić information content (AvgIpc) is 3.77. The van der Waals surface area contributed by atoms with Gasteiger partial charge in [-0.25, -0.2) is 27.8 Å². The minimum Gasteiger partial charge on any atom is -0.489 e. The van der Waals surface area contributed by atoms with Crippen molar-refractivity contribution < 1.29 is 27.0 Å². The summed E-state index contributed by atoms with van der Waals surface area (Å²) in [5, 5.41) is 2.94. The molecule has 14 heteroatoms. The minimum atomic E-state index is -3.51. The Hall–Kier alpha value is -3.29. The highest BCUT2D eigenvalue weighted by atomic mass is 35.5. The number of nitrogens with one attached hydrogen (secondary N) is 1. The Morgan fingerprint density at radius 2 is 1.82 bits per heavy atom.